The van der Waals surface area contributed by atoms with Crippen LogP contribution in [0.15, 0.2) is 22.7 Å². The Kier molecular flexibility index (Phi) is 2.94. The van der Waals surface area contributed by atoms with Crippen molar-refractivity contribution in [2.24, 2.45) is 5.73 Å². The maximum atomic E-state index is 6.35. The van der Waals surface area contributed by atoms with E-state index in [1.54, 1.807) is 0 Å². The molecule has 2 aromatic rings. The summed E-state index contributed by atoms with van der Waals surface area (Å²) in [6.45, 7) is 3.11. The van der Waals surface area contributed by atoms with Crippen LogP contribution in [0.2, 0.25) is 0 Å². The molecule has 1 heterocycles. The van der Waals surface area contributed by atoms with E-state index in [4.69, 9.17) is 10.7 Å². The second kappa shape index (κ2) is 4.35. The summed E-state index contributed by atoms with van der Waals surface area (Å²) in [5.41, 5.74) is 8.61. The zero-order valence-corrected chi connectivity index (χ0v) is 12.2. The number of benzene rings is 1. The number of aryl methyl sites for hydroxylation is 1. The fraction of sp³-hybridized carbons (Fsp3) is 0.500. The third-order valence-corrected chi connectivity index (χ3v) is 4.46. The molecule has 0 saturated heterocycles. The number of nitrogens with zero attached hydrogens (tertiary/aromatic N) is 2. The Bertz CT molecular complexity index is 584. The topological polar surface area (TPSA) is 43.8 Å². The fourth-order valence-electron chi connectivity index (χ4n) is 2.76. The molecule has 1 aromatic heterocycles. The second-order valence-electron chi connectivity index (χ2n) is 5.30. The van der Waals surface area contributed by atoms with Gasteiger partial charge in [-0.25, -0.2) is 4.98 Å². The third kappa shape index (κ3) is 1.97. The minimum Gasteiger partial charge on any atom is -0.328 e. The first kappa shape index (κ1) is 12.2. The molecular weight excluding hydrogens is 290 g/mol. The summed E-state index contributed by atoms with van der Waals surface area (Å²) in [5.74, 6) is 1.13. The average molecular weight is 308 g/mol. The highest BCUT2D eigenvalue weighted by Gasteiger charge is 2.34. The maximum absolute atomic E-state index is 6.35. The summed E-state index contributed by atoms with van der Waals surface area (Å²) >= 11 is 3.50. The van der Waals surface area contributed by atoms with Crippen molar-refractivity contribution in [3.8, 4) is 0 Å². The van der Waals surface area contributed by atoms with Crippen LogP contribution in [0.25, 0.3) is 11.0 Å². The Balaban J connectivity index is 2.05. The molecule has 3 rings (SSSR count). The fourth-order valence-corrected chi connectivity index (χ4v) is 3.11. The number of hydrogen-bond donors (Lipinski definition) is 1. The zero-order valence-electron chi connectivity index (χ0n) is 10.6. The van der Waals surface area contributed by atoms with Crippen LogP contribution < -0.4 is 5.73 Å². The van der Waals surface area contributed by atoms with Gasteiger partial charge in [0, 0.05) is 23.0 Å². The van der Waals surface area contributed by atoms with Crippen molar-refractivity contribution < 1.29 is 0 Å². The van der Waals surface area contributed by atoms with Gasteiger partial charge in [-0.3, -0.25) is 0 Å². The van der Waals surface area contributed by atoms with E-state index >= 15 is 0 Å². The number of hydrogen-bond acceptors (Lipinski definition) is 2. The molecule has 1 fully saturated rings. The third-order valence-electron chi connectivity index (χ3n) is 3.97. The van der Waals surface area contributed by atoms with Gasteiger partial charge in [-0.05, 0) is 44.4 Å². The van der Waals surface area contributed by atoms with Gasteiger partial charge in [0.15, 0.2) is 0 Å². The van der Waals surface area contributed by atoms with Gasteiger partial charge >= 0.3 is 0 Å². The average Bonchev–Trinajstić information content (AvgIpc) is 2.63. The van der Waals surface area contributed by atoms with E-state index in [0.29, 0.717) is 0 Å². The quantitative estimate of drug-likeness (QED) is 0.946. The Labute approximate surface area is 116 Å². The van der Waals surface area contributed by atoms with Crippen molar-refractivity contribution >= 4 is 27.0 Å². The molecule has 3 nitrogen and oxygen atoms in total. The van der Waals surface area contributed by atoms with Crippen LogP contribution in [0.5, 0.6) is 0 Å². The first-order valence-electron chi connectivity index (χ1n) is 6.55. The molecule has 0 unspecified atom stereocenters. The molecule has 0 amide bonds. The number of nitrogens with two attached hydrogens (primary N) is 1. The number of rotatable bonds is 3. The standard InChI is InChI=1S/C14H18BrN3/c1-2-18-12-5-4-10(15)8-11(12)17-13(18)9-14(16)6-3-7-14/h4-5,8H,2-3,6-7,9,16H2,1H3. The summed E-state index contributed by atoms with van der Waals surface area (Å²) in [6.07, 6.45) is 4.41. The lowest BCUT2D eigenvalue weighted by Crippen LogP contribution is -2.48. The molecular formula is C14H18BrN3. The molecule has 1 aliphatic carbocycles. The number of fused-ring (bicyclic) bond motifs is 1. The largest absolute Gasteiger partial charge is 0.328 e. The molecule has 0 atom stereocenters. The van der Waals surface area contributed by atoms with E-state index in [9.17, 15) is 0 Å². The predicted octanol–water partition coefficient (Wildman–Crippen LogP) is 3.24. The monoisotopic (exact) mass is 307 g/mol. The van der Waals surface area contributed by atoms with Crippen LogP contribution in [0.3, 0.4) is 0 Å². The van der Waals surface area contributed by atoms with E-state index in [1.807, 2.05) is 0 Å². The molecule has 4 heteroatoms. The highest BCUT2D eigenvalue weighted by Crippen LogP contribution is 2.33. The van der Waals surface area contributed by atoms with E-state index in [2.05, 4.69) is 45.6 Å². The summed E-state index contributed by atoms with van der Waals surface area (Å²) in [4.78, 5) is 4.76. The number of imidazole rings is 1. The van der Waals surface area contributed by atoms with Gasteiger partial charge in [-0.15, -0.1) is 0 Å². The molecule has 1 saturated carbocycles. The Morgan fingerprint density at radius 3 is 2.83 bits per heavy atom. The van der Waals surface area contributed by atoms with Crippen molar-refractivity contribution in [2.45, 2.75) is 44.7 Å². The highest BCUT2D eigenvalue weighted by molar-refractivity contribution is 9.10. The summed E-state index contributed by atoms with van der Waals surface area (Å²) < 4.78 is 3.36. The van der Waals surface area contributed by atoms with E-state index < -0.39 is 0 Å². The van der Waals surface area contributed by atoms with Gasteiger partial charge in [-0.1, -0.05) is 15.9 Å². The number of aromatic nitrogens is 2. The van der Waals surface area contributed by atoms with Crippen LogP contribution in [0.4, 0.5) is 0 Å². The van der Waals surface area contributed by atoms with Crippen LogP contribution >= 0.6 is 15.9 Å². The molecule has 18 heavy (non-hydrogen) atoms. The van der Waals surface area contributed by atoms with Gasteiger partial charge in [0.05, 0.1) is 11.0 Å². The van der Waals surface area contributed by atoms with Gasteiger partial charge in [-0.2, -0.15) is 0 Å². The Morgan fingerprint density at radius 1 is 1.44 bits per heavy atom. The van der Waals surface area contributed by atoms with Crippen LogP contribution in [-0.4, -0.2) is 15.1 Å². The van der Waals surface area contributed by atoms with Crippen LogP contribution in [0, 0.1) is 0 Å². The second-order valence-corrected chi connectivity index (χ2v) is 6.21. The molecule has 1 aromatic carbocycles. The lowest BCUT2D eigenvalue weighted by atomic mass is 9.75. The van der Waals surface area contributed by atoms with E-state index in [1.165, 1.54) is 11.9 Å². The van der Waals surface area contributed by atoms with Crippen LogP contribution in [0.1, 0.15) is 32.0 Å². The summed E-state index contributed by atoms with van der Waals surface area (Å²) in [7, 11) is 0. The maximum Gasteiger partial charge on any atom is 0.111 e. The van der Waals surface area contributed by atoms with E-state index in [0.717, 1.165) is 41.6 Å². The SMILES string of the molecule is CCn1c(CC2(N)CCC2)nc2cc(Br)ccc21. The normalized spacial score (nSPS) is 17.9. The minimum absolute atomic E-state index is 0.00840. The van der Waals surface area contributed by atoms with Crippen molar-refractivity contribution in [3.63, 3.8) is 0 Å². The van der Waals surface area contributed by atoms with Crippen molar-refractivity contribution in [2.75, 3.05) is 0 Å². The Morgan fingerprint density at radius 2 is 2.22 bits per heavy atom. The van der Waals surface area contributed by atoms with Gasteiger partial charge < -0.3 is 10.3 Å². The molecule has 0 aliphatic heterocycles. The first-order chi connectivity index (χ1) is 8.61. The molecule has 0 radical (unpaired) electrons. The first-order valence-corrected chi connectivity index (χ1v) is 7.34. The molecule has 0 spiro atoms. The molecule has 0 bridgehead atoms. The zero-order chi connectivity index (χ0) is 12.8. The summed E-state index contributed by atoms with van der Waals surface area (Å²) in [5, 5.41) is 0. The molecule has 96 valence electrons. The highest BCUT2D eigenvalue weighted by atomic mass is 79.9. The predicted molar refractivity (Wildman–Crippen MR) is 77.6 cm³/mol. The number of halogens is 1. The lowest BCUT2D eigenvalue weighted by molar-refractivity contribution is 0.241. The van der Waals surface area contributed by atoms with Gasteiger partial charge in [0.2, 0.25) is 0 Å². The van der Waals surface area contributed by atoms with Crippen molar-refractivity contribution in [3.05, 3.63) is 28.5 Å². The smallest absolute Gasteiger partial charge is 0.111 e. The molecule has 1 aliphatic rings. The van der Waals surface area contributed by atoms with Crippen molar-refractivity contribution in [1.82, 2.24) is 9.55 Å². The van der Waals surface area contributed by atoms with Gasteiger partial charge in [0.1, 0.15) is 5.82 Å². The molecule has 2 N–H and O–H groups in total. The summed E-state index contributed by atoms with van der Waals surface area (Å²) in [6, 6.07) is 6.28. The Hall–Kier alpha value is -0.870. The lowest BCUT2D eigenvalue weighted by Gasteiger charge is -2.37. The van der Waals surface area contributed by atoms with Crippen LogP contribution in [-0.2, 0) is 13.0 Å². The minimum atomic E-state index is -0.00840. The van der Waals surface area contributed by atoms with Gasteiger partial charge in [0.25, 0.3) is 0 Å². The van der Waals surface area contributed by atoms with E-state index in [-0.39, 0.29) is 5.54 Å². The van der Waals surface area contributed by atoms with Crippen molar-refractivity contribution in [1.29, 1.82) is 0 Å².